The lowest BCUT2D eigenvalue weighted by Crippen LogP contribution is -2.29. The topological polar surface area (TPSA) is 67.4 Å². The first-order valence-electron chi connectivity index (χ1n) is 6.51. The second-order valence-corrected chi connectivity index (χ2v) is 6.79. The molecule has 0 bridgehead atoms. The Morgan fingerprint density at radius 1 is 1.39 bits per heavy atom. The quantitative estimate of drug-likeness (QED) is 0.734. The third-order valence-electron chi connectivity index (χ3n) is 3.08. The highest BCUT2D eigenvalue weighted by molar-refractivity contribution is 7.89. The van der Waals surface area contributed by atoms with Crippen LogP contribution >= 0.6 is 24.0 Å². The second kappa shape index (κ2) is 8.79. The van der Waals surface area contributed by atoms with Crippen LogP contribution in [0.15, 0.2) is 34.7 Å². The second-order valence-electron chi connectivity index (χ2n) is 4.61. The monoisotopic (exact) mass is 388 g/mol. The van der Waals surface area contributed by atoms with Crippen LogP contribution < -0.4 is 14.8 Å². The van der Waals surface area contributed by atoms with Gasteiger partial charge in [-0.2, -0.15) is 8.78 Å². The van der Waals surface area contributed by atoms with Gasteiger partial charge in [0.2, 0.25) is 10.0 Å². The third kappa shape index (κ3) is 5.89. The minimum atomic E-state index is -3.77. The highest BCUT2D eigenvalue weighted by Gasteiger charge is 2.18. The molecular formula is C13H16Cl2F2N2O3S. The number of benzene rings is 1. The molecule has 1 aliphatic heterocycles. The molecule has 2 N–H and O–H groups in total. The third-order valence-corrected chi connectivity index (χ3v) is 4.77. The predicted octanol–water partition coefficient (Wildman–Crippen LogP) is 2.56. The van der Waals surface area contributed by atoms with Crippen LogP contribution in [0.2, 0.25) is 5.02 Å². The maximum absolute atomic E-state index is 12.2. The average molecular weight is 389 g/mol. The summed E-state index contributed by atoms with van der Waals surface area (Å²) in [7, 11) is -3.77. The summed E-state index contributed by atoms with van der Waals surface area (Å²) in [5.74, 6) is -0.267. The van der Waals surface area contributed by atoms with Crippen molar-refractivity contribution in [3.8, 4) is 5.75 Å². The first kappa shape index (κ1) is 20.1. The van der Waals surface area contributed by atoms with E-state index in [0.29, 0.717) is 6.54 Å². The van der Waals surface area contributed by atoms with Crippen LogP contribution in [0, 0.1) is 0 Å². The first-order valence-corrected chi connectivity index (χ1v) is 8.37. The molecule has 0 aliphatic carbocycles. The van der Waals surface area contributed by atoms with Gasteiger partial charge in [-0.25, -0.2) is 13.1 Å². The summed E-state index contributed by atoms with van der Waals surface area (Å²) in [4.78, 5) is -0.103. The number of hydrogen-bond donors (Lipinski definition) is 2. The molecule has 0 aromatic heterocycles. The fraction of sp³-hybridized carbons (Fsp3) is 0.385. The van der Waals surface area contributed by atoms with E-state index < -0.39 is 16.6 Å². The zero-order chi connectivity index (χ0) is 16.2. The standard InChI is InChI=1S/C13H15ClF2N2O3S.ClH/c14-11-7-10(1-2-12(11)21-13(15)16)22(19,20)18-8-9-3-5-17-6-4-9;/h1-3,7,13,17-18H,4-6,8H2;1H. The number of ether oxygens (including phenoxy) is 1. The molecule has 0 amide bonds. The van der Waals surface area contributed by atoms with E-state index >= 15 is 0 Å². The molecule has 0 atom stereocenters. The van der Waals surface area contributed by atoms with Crippen LogP contribution in [0.1, 0.15) is 6.42 Å². The highest BCUT2D eigenvalue weighted by atomic mass is 35.5. The molecule has 23 heavy (non-hydrogen) atoms. The zero-order valence-electron chi connectivity index (χ0n) is 11.9. The average Bonchev–Trinajstić information content (AvgIpc) is 2.48. The van der Waals surface area contributed by atoms with E-state index in [9.17, 15) is 17.2 Å². The number of rotatable bonds is 6. The Hall–Kier alpha value is -0.930. The minimum absolute atomic E-state index is 0. The van der Waals surface area contributed by atoms with Gasteiger partial charge in [0.1, 0.15) is 5.75 Å². The number of sulfonamides is 1. The maximum atomic E-state index is 12.2. The molecule has 0 saturated heterocycles. The van der Waals surface area contributed by atoms with Crippen molar-refractivity contribution in [2.75, 3.05) is 19.6 Å². The van der Waals surface area contributed by atoms with Crippen molar-refractivity contribution < 1.29 is 21.9 Å². The summed E-state index contributed by atoms with van der Waals surface area (Å²) in [6, 6.07) is 3.36. The fourth-order valence-electron chi connectivity index (χ4n) is 1.94. The van der Waals surface area contributed by atoms with Gasteiger partial charge in [0, 0.05) is 13.1 Å². The van der Waals surface area contributed by atoms with Gasteiger partial charge < -0.3 is 10.1 Å². The van der Waals surface area contributed by atoms with Crippen LogP contribution in [0.5, 0.6) is 5.75 Å². The van der Waals surface area contributed by atoms with Crippen molar-refractivity contribution >= 4 is 34.0 Å². The van der Waals surface area contributed by atoms with Crippen molar-refractivity contribution in [3.05, 3.63) is 34.9 Å². The van der Waals surface area contributed by atoms with Gasteiger partial charge in [0.15, 0.2) is 0 Å². The van der Waals surface area contributed by atoms with Crippen LogP contribution in [0.3, 0.4) is 0 Å². The lowest BCUT2D eigenvalue weighted by Gasteiger charge is -2.15. The SMILES string of the molecule is Cl.O=S(=O)(NCC1=CCNCC1)c1ccc(OC(F)F)c(Cl)c1. The molecule has 0 radical (unpaired) electrons. The van der Waals surface area contributed by atoms with E-state index in [4.69, 9.17) is 11.6 Å². The summed E-state index contributed by atoms with van der Waals surface area (Å²) in [6.07, 6.45) is 2.70. The largest absolute Gasteiger partial charge is 0.433 e. The Morgan fingerprint density at radius 3 is 2.70 bits per heavy atom. The molecule has 5 nitrogen and oxygen atoms in total. The molecule has 1 aromatic rings. The molecule has 2 rings (SSSR count). The predicted molar refractivity (Wildman–Crippen MR) is 86.1 cm³/mol. The van der Waals surface area contributed by atoms with Crippen molar-refractivity contribution in [3.63, 3.8) is 0 Å². The van der Waals surface area contributed by atoms with Gasteiger partial charge in [-0.3, -0.25) is 0 Å². The number of nitrogens with one attached hydrogen (secondary N) is 2. The normalized spacial score (nSPS) is 15.0. The van der Waals surface area contributed by atoms with Gasteiger partial charge in [-0.05, 0) is 31.2 Å². The summed E-state index contributed by atoms with van der Waals surface area (Å²) in [6.45, 7) is -1.30. The molecule has 1 aliphatic rings. The maximum Gasteiger partial charge on any atom is 0.387 e. The highest BCUT2D eigenvalue weighted by Crippen LogP contribution is 2.28. The fourth-order valence-corrected chi connectivity index (χ4v) is 3.29. The summed E-state index contributed by atoms with van der Waals surface area (Å²) in [5, 5.41) is 2.94. The van der Waals surface area contributed by atoms with Crippen LogP contribution in [0.4, 0.5) is 8.78 Å². The van der Waals surface area contributed by atoms with Crippen molar-refractivity contribution in [2.45, 2.75) is 17.9 Å². The molecule has 0 saturated carbocycles. The van der Waals surface area contributed by atoms with Gasteiger partial charge in [0.05, 0.1) is 9.92 Å². The number of hydrogen-bond acceptors (Lipinski definition) is 4. The van der Waals surface area contributed by atoms with Gasteiger partial charge in [0.25, 0.3) is 0 Å². The van der Waals surface area contributed by atoms with E-state index in [1.54, 1.807) is 0 Å². The molecule has 0 spiro atoms. The van der Waals surface area contributed by atoms with E-state index in [2.05, 4.69) is 14.8 Å². The Kier molecular flexibility index (Phi) is 7.69. The number of alkyl halides is 2. The van der Waals surface area contributed by atoms with Crippen molar-refractivity contribution in [1.29, 1.82) is 0 Å². The van der Waals surface area contributed by atoms with Gasteiger partial charge >= 0.3 is 6.61 Å². The van der Waals surface area contributed by atoms with Crippen LogP contribution in [0.25, 0.3) is 0 Å². The lowest BCUT2D eigenvalue weighted by atomic mass is 10.1. The lowest BCUT2D eigenvalue weighted by molar-refractivity contribution is -0.0498. The van der Waals surface area contributed by atoms with Crippen molar-refractivity contribution in [1.82, 2.24) is 10.0 Å². The number of halogens is 4. The van der Waals surface area contributed by atoms with Gasteiger partial charge in [-0.1, -0.05) is 23.3 Å². The van der Waals surface area contributed by atoms with Crippen LogP contribution in [-0.2, 0) is 10.0 Å². The molecule has 10 heteroatoms. The summed E-state index contributed by atoms with van der Waals surface area (Å²) >= 11 is 5.76. The minimum Gasteiger partial charge on any atom is -0.433 e. The van der Waals surface area contributed by atoms with E-state index in [-0.39, 0.29) is 34.6 Å². The summed E-state index contributed by atoms with van der Waals surface area (Å²) in [5.41, 5.74) is 0.992. The molecule has 1 heterocycles. The van der Waals surface area contributed by atoms with E-state index in [1.807, 2.05) is 6.08 Å². The Labute approximate surface area is 144 Å². The first-order chi connectivity index (χ1) is 10.4. The molecule has 0 fully saturated rings. The Balaban J connectivity index is 0.00000264. The van der Waals surface area contributed by atoms with Crippen molar-refractivity contribution in [2.24, 2.45) is 0 Å². The molecular weight excluding hydrogens is 373 g/mol. The Morgan fingerprint density at radius 2 is 2.13 bits per heavy atom. The molecule has 130 valence electrons. The zero-order valence-corrected chi connectivity index (χ0v) is 14.3. The van der Waals surface area contributed by atoms with E-state index in [1.165, 1.54) is 6.07 Å². The summed E-state index contributed by atoms with van der Waals surface area (Å²) < 4.78 is 55.2. The Bertz CT molecular complexity index is 669. The molecule has 1 aromatic carbocycles. The van der Waals surface area contributed by atoms with Crippen LogP contribution in [-0.4, -0.2) is 34.7 Å². The smallest absolute Gasteiger partial charge is 0.387 e. The van der Waals surface area contributed by atoms with E-state index in [0.717, 1.165) is 30.7 Å². The molecule has 0 unspecified atom stereocenters. The van der Waals surface area contributed by atoms with Gasteiger partial charge in [-0.15, -0.1) is 12.4 Å².